The molecule has 11 heavy (non-hydrogen) atoms. The number of nitriles is 1. The number of aromatic nitrogens is 1. The van der Waals surface area contributed by atoms with Gasteiger partial charge in [-0.2, -0.15) is 10.2 Å². The van der Waals surface area contributed by atoms with Crippen LogP contribution in [0.15, 0.2) is 4.42 Å². The van der Waals surface area contributed by atoms with Crippen molar-refractivity contribution in [3.63, 3.8) is 0 Å². The molecule has 0 saturated heterocycles. The Balaban J connectivity index is 3.18. The number of hydrogen-bond acceptors (Lipinski definition) is 4. The Hall–Kier alpha value is -1.05. The Morgan fingerprint density at radius 2 is 2.36 bits per heavy atom. The molecular formula is C5Cl2N2O2. The third-order valence-corrected chi connectivity index (χ3v) is 1.27. The summed E-state index contributed by atoms with van der Waals surface area (Å²) in [6.45, 7) is 0. The first-order valence-corrected chi connectivity index (χ1v) is 3.17. The maximum absolute atomic E-state index is 10.4. The second-order valence-corrected chi connectivity index (χ2v) is 2.23. The maximum Gasteiger partial charge on any atom is 0.307 e. The van der Waals surface area contributed by atoms with Crippen molar-refractivity contribution in [3.05, 3.63) is 16.8 Å². The van der Waals surface area contributed by atoms with Crippen molar-refractivity contribution < 1.29 is 9.21 Å². The fourth-order valence-electron chi connectivity index (χ4n) is 0.455. The van der Waals surface area contributed by atoms with Crippen LogP contribution in [0.2, 0.25) is 5.15 Å². The predicted molar refractivity (Wildman–Crippen MR) is 36.4 cm³/mol. The molecule has 0 aromatic carbocycles. The van der Waals surface area contributed by atoms with Crippen LogP contribution in [-0.4, -0.2) is 10.2 Å². The van der Waals surface area contributed by atoms with Crippen LogP contribution >= 0.6 is 23.2 Å². The van der Waals surface area contributed by atoms with E-state index in [0.717, 1.165) is 0 Å². The number of nitrogens with zero attached hydrogens (tertiary/aromatic N) is 2. The summed E-state index contributed by atoms with van der Waals surface area (Å²) in [6, 6.07) is 1.60. The molecule has 0 fully saturated rings. The normalized spacial score (nSPS) is 9.18. The van der Waals surface area contributed by atoms with Gasteiger partial charge in [-0.15, -0.1) is 0 Å². The van der Waals surface area contributed by atoms with E-state index in [4.69, 9.17) is 28.5 Å². The number of hydrogen-bond donors (Lipinski definition) is 0. The lowest BCUT2D eigenvalue weighted by Gasteiger charge is -1.76. The van der Waals surface area contributed by atoms with Gasteiger partial charge in [-0.25, -0.2) is 0 Å². The highest BCUT2D eigenvalue weighted by Crippen LogP contribution is 2.16. The molecule has 0 atom stereocenters. The minimum Gasteiger partial charge on any atom is -0.420 e. The van der Waals surface area contributed by atoms with E-state index in [-0.39, 0.29) is 16.8 Å². The van der Waals surface area contributed by atoms with Gasteiger partial charge in [-0.3, -0.25) is 4.79 Å². The Labute approximate surface area is 71.3 Å². The molecule has 4 nitrogen and oxygen atoms in total. The van der Waals surface area contributed by atoms with Crippen LogP contribution in [-0.2, 0) is 0 Å². The van der Waals surface area contributed by atoms with Crippen molar-refractivity contribution in [1.29, 1.82) is 5.26 Å². The van der Waals surface area contributed by atoms with E-state index >= 15 is 0 Å². The quantitative estimate of drug-likeness (QED) is 0.631. The van der Waals surface area contributed by atoms with Gasteiger partial charge in [-0.1, -0.05) is 11.6 Å². The molecule has 0 bridgehead atoms. The average molecular weight is 191 g/mol. The average Bonchev–Trinajstić information content (AvgIpc) is 2.31. The van der Waals surface area contributed by atoms with Crippen molar-refractivity contribution >= 4 is 28.4 Å². The molecule has 6 heteroatoms. The Morgan fingerprint density at radius 1 is 1.73 bits per heavy atom. The van der Waals surface area contributed by atoms with E-state index in [9.17, 15) is 4.79 Å². The SMILES string of the molecule is N#Cc1oc(C(=O)Cl)nc1Cl. The van der Waals surface area contributed by atoms with E-state index in [1.807, 2.05) is 0 Å². The number of carbonyl (C=O) groups excluding carboxylic acids is 1. The molecule has 0 aliphatic carbocycles. The monoisotopic (exact) mass is 190 g/mol. The lowest BCUT2D eigenvalue weighted by Crippen LogP contribution is -1.86. The highest BCUT2D eigenvalue weighted by molar-refractivity contribution is 6.67. The van der Waals surface area contributed by atoms with Gasteiger partial charge in [0.25, 0.3) is 5.89 Å². The first kappa shape index (κ1) is 8.05. The summed E-state index contributed by atoms with van der Waals surface area (Å²) in [6.07, 6.45) is 0. The number of halogens is 2. The van der Waals surface area contributed by atoms with Gasteiger partial charge < -0.3 is 4.42 Å². The molecule has 0 aliphatic heterocycles. The molecule has 0 N–H and O–H groups in total. The zero-order valence-electron chi connectivity index (χ0n) is 4.97. The molecule has 0 spiro atoms. The van der Waals surface area contributed by atoms with Crippen LogP contribution in [0.25, 0.3) is 0 Å². The lowest BCUT2D eigenvalue weighted by molar-refractivity contribution is 0.105. The van der Waals surface area contributed by atoms with Gasteiger partial charge in [-0.05, 0) is 11.6 Å². The first-order valence-electron chi connectivity index (χ1n) is 2.41. The van der Waals surface area contributed by atoms with Crippen LogP contribution in [0.4, 0.5) is 0 Å². The van der Waals surface area contributed by atoms with Crippen molar-refractivity contribution in [1.82, 2.24) is 4.98 Å². The largest absolute Gasteiger partial charge is 0.420 e. The summed E-state index contributed by atoms with van der Waals surface area (Å²) in [7, 11) is 0. The highest BCUT2D eigenvalue weighted by Gasteiger charge is 2.14. The van der Waals surface area contributed by atoms with Crippen molar-refractivity contribution in [2.75, 3.05) is 0 Å². The summed E-state index contributed by atoms with van der Waals surface area (Å²) in [5.41, 5.74) is 0. The topological polar surface area (TPSA) is 66.9 Å². The van der Waals surface area contributed by atoms with Crippen LogP contribution in [0.1, 0.15) is 16.4 Å². The molecule has 1 aromatic heterocycles. The van der Waals surface area contributed by atoms with Crippen LogP contribution in [0, 0.1) is 11.3 Å². The van der Waals surface area contributed by atoms with Gasteiger partial charge >= 0.3 is 5.24 Å². The first-order chi connectivity index (χ1) is 5.15. The summed E-state index contributed by atoms with van der Waals surface area (Å²) in [4.78, 5) is 13.7. The van der Waals surface area contributed by atoms with Crippen LogP contribution in [0.3, 0.4) is 0 Å². The summed E-state index contributed by atoms with van der Waals surface area (Å²) in [5.74, 6) is -0.580. The molecule has 0 aliphatic rings. The van der Waals surface area contributed by atoms with Gasteiger partial charge in [0, 0.05) is 0 Å². The van der Waals surface area contributed by atoms with Gasteiger partial charge in [0.2, 0.25) is 5.76 Å². The van der Waals surface area contributed by atoms with Crippen LogP contribution in [0.5, 0.6) is 0 Å². The molecule has 0 unspecified atom stereocenters. The molecule has 0 saturated carbocycles. The fourth-order valence-corrected chi connectivity index (χ4v) is 0.693. The number of oxazole rings is 1. The molecular weight excluding hydrogens is 191 g/mol. The second-order valence-electron chi connectivity index (χ2n) is 1.52. The van der Waals surface area contributed by atoms with E-state index in [0.29, 0.717) is 0 Å². The zero-order valence-corrected chi connectivity index (χ0v) is 6.48. The number of carbonyl (C=O) groups is 1. The minimum atomic E-state index is -0.881. The lowest BCUT2D eigenvalue weighted by atomic mass is 10.6. The third kappa shape index (κ3) is 1.50. The van der Waals surface area contributed by atoms with Gasteiger partial charge in [0.1, 0.15) is 6.07 Å². The number of rotatable bonds is 1. The third-order valence-electron chi connectivity index (χ3n) is 0.855. The second kappa shape index (κ2) is 2.91. The van der Waals surface area contributed by atoms with Gasteiger partial charge in [0.05, 0.1) is 0 Å². The summed E-state index contributed by atoms with van der Waals surface area (Å²) >= 11 is 10.3. The molecule has 1 aromatic rings. The van der Waals surface area contributed by atoms with E-state index in [1.165, 1.54) is 0 Å². The zero-order chi connectivity index (χ0) is 8.43. The molecule has 56 valence electrons. The maximum atomic E-state index is 10.4. The van der Waals surface area contributed by atoms with Gasteiger partial charge in [0.15, 0.2) is 5.15 Å². The van der Waals surface area contributed by atoms with E-state index < -0.39 is 5.24 Å². The Bertz CT molecular complexity index is 339. The standard InChI is InChI=1S/C5Cl2N2O2/c6-3-2(1-8)11-5(9-3)4(7)10. The molecule has 1 heterocycles. The molecule has 0 radical (unpaired) electrons. The van der Waals surface area contributed by atoms with Crippen molar-refractivity contribution in [2.24, 2.45) is 0 Å². The highest BCUT2D eigenvalue weighted by atomic mass is 35.5. The fraction of sp³-hybridized carbons (Fsp3) is 0. The molecule has 0 amide bonds. The van der Waals surface area contributed by atoms with E-state index in [1.54, 1.807) is 6.07 Å². The van der Waals surface area contributed by atoms with Crippen molar-refractivity contribution in [3.8, 4) is 6.07 Å². The minimum absolute atomic E-state index is 0.156. The van der Waals surface area contributed by atoms with Crippen LogP contribution < -0.4 is 0 Å². The Morgan fingerprint density at radius 3 is 2.64 bits per heavy atom. The predicted octanol–water partition coefficient (Wildman–Crippen LogP) is 1.58. The summed E-state index contributed by atoms with van der Waals surface area (Å²) in [5, 5.41) is 7.25. The smallest absolute Gasteiger partial charge is 0.307 e. The Kier molecular flexibility index (Phi) is 2.13. The summed E-state index contributed by atoms with van der Waals surface area (Å²) < 4.78 is 4.54. The van der Waals surface area contributed by atoms with E-state index in [2.05, 4.69) is 9.40 Å². The van der Waals surface area contributed by atoms with Crippen molar-refractivity contribution in [2.45, 2.75) is 0 Å². The molecule has 1 rings (SSSR count).